The van der Waals surface area contributed by atoms with Crippen LogP contribution in [0, 0.1) is 11.3 Å². The lowest BCUT2D eigenvalue weighted by Crippen LogP contribution is -2.34. The molecule has 0 radical (unpaired) electrons. The van der Waals surface area contributed by atoms with Crippen LogP contribution in [0.5, 0.6) is 11.5 Å². The summed E-state index contributed by atoms with van der Waals surface area (Å²) in [5.41, 5.74) is -0.824. The molecular weight excluding hydrogens is 385 g/mol. The highest BCUT2D eigenvalue weighted by Gasteiger charge is 2.34. The van der Waals surface area contributed by atoms with Gasteiger partial charge in [-0.1, -0.05) is 26.0 Å². The van der Waals surface area contributed by atoms with Gasteiger partial charge in [-0.3, -0.25) is 4.79 Å². The van der Waals surface area contributed by atoms with Crippen molar-refractivity contribution in [3.63, 3.8) is 0 Å². The first-order chi connectivity index (χ1) is 13.7. The minimum absolute atomic E-state index is 0.0614. The van der Waals surface area contributed by atoms with Crippen molar-refractivity contribution in [2.75, 3.05) is 12.4 Å². The summed E-state index contributed by atoms with van der Waals surface area (Å²) in [6.45, 7) is 3.76. The van der Waals surface area contributed by atoms with Crippen LogP contribution in [0.15, 0.2) is 42.5 Å². The first-order valence-corrected chi connectivity index (χ1v) is 8.98. The Hall–Kier alpha value is -3.03. The summed E-state index contributed by atoms with van der Waals surface area (Å²) < 4.78 is 50.6. The number of hydrogen-bond acceptors (Lipinski definition) is 4. The summed E-state index contributed by atoms with van der Waals surface area (Å²) >= 11 is 0. The number of amides is 1. The molecule has 0 bridgehead atoms. The zero-order valence-corrected chi connectivity index (χ0v) is 16.3. The third-order valence-corrected chi connectivity index (χ3v) is 4.11. The summed E-state index contributed by atoms with van der Waals surface area (Å²) in [5, 5.41) is 9.87. The third-order valence-electron chi connectivity index (χ3n) is 4.11. The molecule has 2 rings (SSSR count). The predicted octanol–water partition coefficient (Wildman–Crippen LogP) is 5.14. The van der Waals surface area contributed by atoms with Crippen LogP contribution in [-0.4, -0.2) is 25.3 Å². The SMILES string of the molecule is COc1ccccc1NC(=O)C(CC(C)C)Oc1ccc(C=N)c(C(F)(F)F)c1. The van der Waals surface area contributed by atoms with Crippen molar-refractivity contribution < 1.29 is 27.4 Å². The second-order valence-electron chi connectivity index (χ2n) is 6.82. The summed E-state index contributed by atoms with van der Waals surface area (Å²) in [7, 11) is 1.47. The number of benzene rings is 2. The van der Waals surface area contributed by atoms with Crippen LogP contribution >= 0.6 is 0 Å². The van der Waals surface area contributed by atoms with E-state index < -0.39 is 23.8 Å². The van der Waals surface area contributed by atoms with Crippen LogP contribution < -0.4 is 14.8 Å². The van der Waals surface area contributed by atoms with Crippen LogP contribution in [0.2, 0.25) is 0 Å². The molecule has 0 aliphatic carbocycles. The number of nitrogens with one attached hydrogen (secondary N) is 2. The third kappa shape index (κ3) is 5.97. The molecule has 0 heterocycles. The molecule has 0 saturated heterocycles. The topological polar surface area (TPSA) is 71.4 Å². The van der Waals surface area contributed by atoms with Gasteiger partial charge in [-0.25, -0.2) is 0 Å². The van der Waals surface area contributed by atoms with Crippen LogP contribution in [0.4, 0.5) is 18.9 Å². The van der Waals surface area contributed by atoms with E-state index in [1.54, 1.807) is 24.3 Å². The van der Waals surface area contributed by atoms with E-state index >= 15 is 0 Å². The van der Waals surface area contributed by atoms with Crippen molar-refractivity contribution >= 4 is 17.8 Å². The number of hydrogen-bond donors (Lipinski definition) is 2. The maximum atomic E-state index is 13.2. The predicted molar refractivity (Wildman–Crippen MR) is 105 cm³/mol. The number of anilines is 1. The average molecular weight is 408 g/mol. The summed E-state index contributed by atoms with van der Waals surface area (Å²) in [6, 6.07) is 10.1. The molecule has 8 heteroatoms. The van der Waals surface area contributed by atoms with Gasteiger partial charge in [0.2, 0.25) is 0 Å². The fraction of sp³-hybridized carbons (Fsp3) is 0.333. The molecule has 1 unspecified atom stereocenters. The standard InChI is InChI=1S/C21H23F3N2O3/c1-13(2)10-19(20(27)26-17-6-4-5-7-18(17)28-3)29-15-9-8-14(12-25)16(11-15)21(22,23)24/h4-9,11-13,19,25H,10H2,1-3H3,(H,26,27). The molecule has 0 aromatic heterocycles. The Balaban J connectivity index is 2.29. The highest BCUT2D eigenvalue weighted by molar-refractivity contribution is 5.95. The van der Waals surface area contributed by atoms with Gasteiger partial charge in [-0.05, 0) is 42.7 Å². The fourth-order valence-corrected chi connectivity index (χ4v) is 2.74. The van der Waals surface area contributed by atoms with Gasteiger partial charge < -0.3 is 20.2 Å². The summed E-state index contributed by atoms with van der Waals surface area (Å²) in [5.74, 6) is -0.0677. The Morgan fingerprint density at radius 2 is 1.90 bits per heavy atom. The van der Waals surface area contributed by atoms with Gasteiger partial charge in [0.25, 0.3) is 5.91 Å². The van der Waals surface area contributed by atoms with Crippen LogP contribution in [-0.2, 0) is 11.0 Å². The smallest absolute Gasteiger partial charge is 0.417 e. The van der Waals surface area contributed by atoms with E-state index in [0.717, 1.165) is 12.1 Å². The maximum Gasteiger partial charge on any atom is 0.417 e. The van der Waals surface area contributed by atoms with E-state index in [0.29, 0.717) is 24.1 Å². The van der Waals surface area contributed by atoms with Crippen molar-refractivity contribution in [2.45, 2.75) is 32.5 Å². The monoisotopic (exact) mass is 408 g/mol. The van der Waals surface area contributed by atoms with Gasteiger partial charge in [0.15, 0.2) is 6.10 Å². The van der Waals surface area contributed by atoms with E-state index in [9.17, 15) is 18.0 Å². The van der Waals surface area contributed by atoms with Crippen LogP contribution in [0.3, 0.4) is 0 Å². The molecule has 0 aliphatic heterocycles. The molecule has 0 fully saturated rings. The molecule has 2 aromatic rings. The van der Waals surface area contributed by atoms with Crippen molar-refractivity contribution in [3.05, 3.63) is 53.6 Å². The second kappa shape index (κ2) is 9.45. The van der Waals surface area contributed by atoms with Crippen LogP contribution in [0.1, 0.15) is 31.4 Å². The normalized spacial score (nSPS) is 12.4. The number of methoxy groups -OCH3 is 1. The second-order valence-corrected chi connectivity index (χ2v) is 6.82. The van der Waals surface area contributed by atoms with Gasteiger partial charge in [0.05, 0.1) is 18.4 Å². The van der Waals surface area contributed by atoms with Gasteiger partial charge >= 0.3 is 6.18 Å². The van der Waals surface area contributed by atoms with Crippen molar-refractivity contribution in [1.82, 2.24) is 0 Å². The molecule has 2 aromatic carbocycles. The molecule has 1 atom stereocenters. The lowest BCUT2D eigenvalue weighted by atomic mass is 10.0. The summed E-state index contributed by atoms with van der Waals surface area (Å²) in [4.78, 5) is 12.8. The van der Waals surface area contributed by atoms with Crippen molar-refractivity contribution in [2.24, 2.45) is 5.92 Å². The Labute approximate surface area is 167 Å². The zero-order chi connectivity index (χ0) is 21.6. The first-order valence-electron chi connectivity index (χ1n) is 8.98. The van der Waals surface area contributed by atoms with Crippen molar-refractivity contribution in [3.8, 4) is 11.5 Å². The molecule has 0 spiro atoms. The number of alkyl halides is 3. The van der Waals surface area contributed by atoms with Gasteiger partial charge in [0, 0.05) is 11.8 Å². The number of halogens is 3. The lowest BCUT2D eigenvalue weighted by Gasteiger charge is -2.22. The number of para-hydroxylation sites is 2. The Kier molecular flexibility index (Phi) is 7.25. The zero-order valence-electron chi connectivity index (χ0n) is 16.3. The van der Waals surface area contributed by atoms with Crippen LogP contribution in [0.25, 0.3) is 0 Å². The quantitative estimate of drug-likeness (QED) is 0.594. The average Bonchev–Trinajstić information content (AvgIpc) is 2.66. The van der Waals surface area contributed by atoms with E-state index in [1.807, 2.05) is 13.8 Å². The first kappa shape index (κ1) is 22.3. The summed E-state index contributed by atoms with van der Waals surface area (Å²) in [6.07, 6.45) is -4.72. The molecular formula is C21H23F3N2O3. The lowest BCUT2D eigenvalue weighted by molar-refractivity contribution is -0.137. The fourth-order valence-electron chi connectivity index (χ4n) is 2.74. The largest absolute Gasteiger partial charge is 0.495 e. The van der Waals surface area contributed by atoms with E-state index in [4.69, 9.17) is 14.9 Å². The maximum absolute atomic E-state index is 13.2. The highest BCUT2D eigenvalue weighted by Crippen LogP contribution is 2.34. The van der Waals surface area contributed by atoms with Crippen molar-refractivity contribution in [1.29, 1.82) is 5.41 Å². The minimum Gasteiger partial charge on any atom is -0.495 e. The number of ether oxygens (including phenoxy) is 2. The Morgan fingerprint density at radius 1 is 1.21 bits per heavy atom. The molecule has 156 valence electrons. The van der Waals surface area contributed by atoms with Gasteiger partial charge in [0.1, 0.15) is 11.5 Å². The highest BCUT2D eigenvalue weighted by atomic mass is 19.4. The molecule has 0 saturated carbocycles. The minimum atomic E-state index is -4.64. The van der Waals surface area contributed by atoms with E-state index in [1.165, 1.54) is 13.2 Å². The number of carbonyl (C=O) groups excluding carboxylic acids is 1. The Bertz CT molecular complexity index is 866. The number of rotatable bonds is 8. The van der Waals surface area contributed by atoms with Gasteiger partial charge in [-0.2, -0.15) is 13.2 Å². The molecule has 2 N–H and O–H groups in total. The van der Waals surface area contributed by atoms with E-state index in [-0.39, 0.29) is 17.2 Å². The Morgan fingerprint density at radius 3 is 2.48 bits per heavy atom. The molecule has 0 aliphatic rings. The van der Waals surface area contributed by atoms with E-state index in [2.05, 4.69) is 5.32 Å². The molecule has 1 amide bonds. The molecule has 29 heavy (non-hydrogen) atoms. The number of carbonyl (C=O) groups is 1. The van der Waals surface area contributed by atoms with Gasteiger partial charge in [-0.15, -0.1) is 0 Å². The molecule has 5 nitrogen and oxygen atoms in total.